The van der Waals surface area contributed by atoms with E-state index in [-0.39, 0.29) is 0 Å². The molecule has 4 rings (SSSR count). The van der Waals surface area contributed by atoms with Crippen molar-refractivity contribution < 1.29 is 0 Å². The fourth-order valence-electron chi connectivity index (χ4n) is 3.42. The second-order valence-electron chi connectivity index (χ2n) is 6.50. The molecule has 1 unspecified atom stereocenters. The lowest BCUT2D eigenvalue weighted by molar-refractivity contribution is 0.517. The SMILES string of the molecule is Brc1cccc(N2CCC(CNCc3ccc4cn[nH]c4c3)C2)c1. The number of rotatable bonds is 5. The lowest BCUT2D eigenvalue weighted by Crippen LogP contribution is -2.26. The summed E-state index contributed by atoms with van der Waals surface area (Å²) in [5.41, 5.74) is 3.72. The largest absolute Gasteiger partial charge is 0.371 e. The van der Waals surface area contributed by atoms with Crippen LogP contribution in [0.15, 0.2) is 53.1 Å². The molecule has 1 atom stereocenters. The number of aromatic amines is 1. The summed E-state index contributed by atoms with van der Waals surface area (Å²) in [6.07, 6.45) is 3.11. The Hall–Kier alpha value is -1.85. The lowest BCUT2D eigenvalue weighted by atomic mass is 10.1. The molecule has 1 aromatic heterocycles. The van der Waals surface area contributed by atoms with Crippen molar-refractivity contribution in [3.63, 3.8) is 0 Å². The van der Waals surface area contributed by atoms with E-state index in [1.54, 1.807) is 0 Å². The van der Waals surface area contributed by atoms with Crippen LogP contribution >= 0.6 is 15.9 Å². The van der Waals surface area contributed by atoms with Gasteiger partial charge in [-0.05, 0) is 42.2 Å². The molecule has 124 valence electrons. The van der Waals surface area contributed by atoms with E-state index in [1.807, 2.05) is 6.20 Å². The lowest BCUT2D eigenvalue weighted by Gasteiger charge is -2.19. The van der Waals surface area contributed by atoms with Crippen LogP contribution in [0, 0.1) is 5.92 Å². The molecule has 4 nitrogen and oxygen atoms in total. The number of nitrogens with zero attached hydrogens (tertiary/aromatic N) is 2. The highest BCUT2D eigenvalue weighted by atomic mass is 79.9. The number of nitrogens with one attached hydrogen (secondary N) is 2. The third-order valence-electron chi connectivity index (χ3n) is 4.73. The minimum Gasteiger partial charge on any atom is -0.371 e. The van der Waals surface area contributed by atoms with Gasteiger partial charge in [0, 0.05) is 41.7 Å². The maximum atomic E-state index is 4.07. The second-order valence-corrected chi connectivity index (χ2v) is 7.42. The van der Waals surface area contributed by atoms with Gasteiger partial charge in [-0.25, -0.2) is 0 Å². The van der Waals surface area contributed by atoms with Gasteiger partial charge in [0.05, 0.1) is 11.7 Å². The van der Waals surface area contributed by atoms with Gasteiger partial charge in [0.2, 0.25) is 0 Å². The first-order valence-corrected chi connectivity index (χ1v) is 9.20. The van der Waals surface area contributed by atoms with Gasteiger partial charge in [-0.2, -0.15) is 5.10 Å². The van der Waals surface area contributed by atoms with Gasteiger partial charge in [0.1, 0.15) is 0 Å². The van der Waals surface area contributed by atoms with Gasteiger partial charge < -0.3 is 10.2 Å². The first-order valence-electron chi connectivity index (χ1n) is 8.41. The summed E-state index contributed by atoms with van der Waals surface area (Å²) in [7, 11) is 0. The van der Waals surface area contributed by atoms with E-state index in [0.717, 1.165) is 36.2 Å². The molecule has 0 saturated carbocycles. The Morgan fingerprint density at radius 3 is 3.12 bits per heavy atom. The number of fused-ring (bicyclic) bond motifs is 1. The van der Waals surface area contributed by atoms with Crippen molar-refractivity contribution in [2.45, 2.75) is 13.0 Å². The highest BCUT2D eigenvalue weighted by molar-refractivity contribution is 9.10. The number of benzene rings is 2. The van der Waals surface area contributed by atoms with Crippen LogP contribution in [0.3, 0.4) is 0 Å². The molecule has 2 aromatic carbocycles. The van der Waals surface area contributed by atoms with Crippen LogP contribution in [0.25, 0.3) is 10.9 Å². The molecule has 1 saturated heterocycles. The highest BCUT2D eigenvalue weighted by Gasteiger charge is 2.22. The van der Waals surface area contributed by atoms with Crippen molar-refractivity contribution in [2.24, 2.45) is 5.92 Å². The Morgan fingerprint density at radius 1 is 1.25 bits per heavy atom. The zero-order valence-corrected chi connectivity index (χ0v) is 15.1. The molecule has 1 fully saturated rings. The molecular formula is C19H21BrN4. The summed E-state index contributed by atoms with van der Waals surface area (Å²) in [5, 5.41) is 11.9. The third-order valence-corrected chi connectivity index (χ3v) is 5.22. The van der Waals surface area contributed by atoms with Gasteiger partial charge >= 0.3 is 0 Å². The van der Waals surface area contributed by atoms with Crippen molar-refractivity contribution >= 4 is 32.5 Å². The molecule has 5 heteroatoms. The van der Waals surface area contributed by atoms with E-state index >= 15 is 0 Å². The number of halogens is 1. The second kappa shape index (κ2) is 6.95. The predicted octanol–water partition coefficient (Wildman–Crippen LogP) is 3.94. The summed E-state index contributed by atoms with van der Waals surface area (Å²) in [4.78, 5) is 2.48. The molecule has 1 aliphatic heterocycles. The Bertz CT molecular complexity index is 829. The Morgan fingerprint density at radius 2 is 2.21 bits per heavy atom. The van der Waals surface area contributed by atoms with Gasteiger partial charge in [-0.15, -0.1) is 0 Å². The molecule has 24 heavy (non-hydrogen) atoms. The molecule has 0 radical (unpaired) electrons. The van der Waals surface area contributed by atoms with Gasteiger partial charge in [-0.1, -0.05) is 34.1 Å². The molecule has 3 aromatic rings. The van der Waals surface area contributed by atoms with E-state index in [9.17, 15) is 0 Å². The fraction of sp³-hybridized carbons (Fsp3) is 0.316. The smallest absolute Gasteiger partial charge is 0.0653 e. The first kappa shape index (κ1) is 15.7. The van der Waals surface area contributed by atoms with E-state index < -0.39 is 0 Å². The molecule has 2 N–H and O–H groups in total. The number of hydrogen-bond donors (Lipinski definition) is 2. The Kier molecular flexibility index (Phi) is 4.54. The van der Waals surface area contributed by atoms with Gasteiger partial charge in [0.15, 0.2) is 0 Å². The summed E-state index contributed by atoms with van der Waals surface area (Å²) in [5.74, 6) is 0.708. The average Bonchev–Trinajstić information content (AvgIpc) is 3.23. The van der Waals surface area contributed by atoms with E-state index in [1.165, 1.54) is 23.1 Å². The van der Waals surface area contributed by atoms with Crippen molar-refractivity contribution in [1.82, 2.24) is 15.5 Å². The number of aromatic nitrogens is 2. The summed E-state index contributed by atoms with van der Waals surface area (Å²) in [6, 6.07) is 15.1. The maximum absolute atomic E-state index is 4.07. The highest BCUT2D eigenvalue weighted by Crippen LogP contribution is 2.26. The molecule has 1 aliphatic rings. The Labute approximate surface area is 150 Å². The minimum absolute atomic E-state index is 0.708. The van der Waals surface area contributed by atoms with Crippen molar-refractivity contribution in [1.29, 1.82) is 0 Å². The third kappa shape index (κ3) is 3.47. The summed E-state index contributed by atoms with van der Waals surface area (Å²) < 4.78 is 1.15. The van der Waals surface area contributed by atoms with Crippen LogP contribution in [-0.2, 0) is 6.54 Å². The van der Waals surface area contributed by atoms with Crippen LogP contribution < -0.4 is 10.2 Å². The Balaban J connectivity index is 1.29. The molecule has 0 aliphatic carbocycles. The zero-order chi connectivity index (χ0) is 16.4. The van der Waals surface area contributed by atoms with E-state index in [0.29, 0.717) is 5.92 Å². The van der Waals surface area contributed by atoms with Crippen LogP contribution in [0.4, 0.5) is 5.69 Å². The normalized spacial score (nSPS) is 17.7. The number of anilines is 1. The zero-order valence-electron chi connectivity index (χ0n) is 13.5. The van der Waals surface area contributed by atoms with Gasteiger partial charge in [-0.3, -0.25) is 5.10 Å². The predicted molar refractivity (Wildman–Crippen MR) is 102 cm³/mol. The summed E-state index contributed by atoms with van der Waals surface area (Å²) in [6.45, 7) is 4.24. The van der Waals surface area contributed by atoms with Crippen molar-refractivity contribution in [2.75, 3.05) is 24.5 Å². The standard InChI is InChI=1S/C19H21BrN4/c20-17-2-1-3-18(9-17)24-7-6-15(13-24)11-21-10-14-4-5-16-12-22-23-19(16)8-14/h1-5,8-9,12,15,21H,6-7,10-11,13H2,(H,22,23). The minimum atomic E-state index is 0.708. The maximum Gasteiger partial charge on any atom is 0.0653 e. The molecule has 0 bridgehead atoms. The monoisotopic (exact) mass is 384 g/mol. The van der Waals surface area contributed by atoms with E-state index in [2.05, 4.69) is 78.8 Å². The molecular weight excluding hydrogens is 364 g/mol. The average molecular weight is 385 g/mol. The number of hydrogen-bond acceptors (Lipinski definition) is 3. The first-order chi connectivity index (χ1) is 11.8. The number of H-pyrrole nitrogens is 1. The molecule has 0 amide bonds. The van der Waals surface area contributed by atoms with E-state index in [4.69, 9.17) is 0 Å². The van der Waals surface area contributed by atoms with Gasteiger partial charge in [0.25, 0.3) is 0 Å². The quantitative estimate of drug-likeness (QED) is 0.699. The van der Waals surface area contributed by atoms with Crippen LogP contribution in [0.2, 0.25) is 0 Å². The fourth-order valence-corrected chi connectivity index (χ4v) is 3.81. The van der Waals surface area contributed by atoms with Crippen molar-refractivity contribution in [3.05, 3.63) is 58.7 Å². The molecule has 0 spiro atoms. The van der Waals surface area contributed by atoms with Crippen LogP contribution in [0.1, 0.15) is 12.0 Å². The molecule has 2 heterocycles. The topological polar surface area (TPSA) is 44.0 Å². The van der Waals surface area contributed by atoms with Crippen LogP contribution in [0.5, 0.6) is 0 Å². The van der Waals surface area contributed by atoms with Crippen molar-refractivity contribution in [3.8, 4) is 0 Å². The summed E-state index contributed by atoms with van der Waals surface area (Å²) >= 11 is 3.56. The van der Waals surface area contributed by atoms with Crippen LogP contribution in [-0.4, -0.2) is 29.8 Å².